The number of amides is 5. The summed E-state index contributed by atoms with van der Waals surface area (Å²) in [5.41, 5.74) is 0.601. The molecule has 0 saturated heterocycles. The quantitative estimate of drug-likeness (QED) is 0.105. The van der Waals surface area contributed by atoms with Gasteiger partial charge in [0.2, 0.25) is 11.8 Å². The van der Waals surface area contributed by atoms with Crippen molar-refractivity contribution in [2.24, 2.45) is 0 Å². The summed E-state index contributed by atoms with van der Waals surface area (Å²) in [7, 11) is 0. The van der Waals surface area contributed by atoms with Crippen LogP contribution in [0.3, 0.4) is 0 Å². The largest absolute Gasteiger partial charge is 0.508 e. The first-order valence-electron chi connectivity index (χ1n) is 20.7. The van der Waals surface area contributed by atoms with Gasteiger partial charge < -0.3 is 61.4 Å². The van der Waals surface area contributed by atoms with Crippen LogP contribution in [0.1, 0.15) is 71.1 Å². The number of carbonyl (C=O) groups is 6. The highest BCUT2D eigenvalue weighted by molar-refractivity contribution is 5.96. The first-order chi connectivity index (χ1) is 29.6. The van der Waals surface area contributed by atoms with Crippen molar-refractivity contribution in [3.63, 3.8) is 0 Å². The van der Waals surface area contributed by atoms with Crippen molar-refractivity contribution >= 4 is 35.9 Å². The third kappa shape index (κ3) is 15.8. The predicted molar refractivity (Wildman–Crippen MR) is 232 cm³/mol. The number of aliphatic hydroxyl groups excluding tert-OH is 1. The smallest absolute Gasteiger partial charge is 0.408 e. The van der Waals surface area contributed by atoms with Crippen LogP contribution in [-0.4, -0.2) is 123 Å². The fraction of sp³-hybridized carbons (Fsp3) is 0.467. The standard InChI is InChI=1S/C45H60N6O12/c1-44(2,3)62-41(58)47-18-10-13-32-39(56)49-33(38(55)35(26-52)46-19-20-51(43(60)61)25-27-11-8-7-9-12-27)23-30-21-28(14-16-36(30)53)29-15-17-37(54)31(22-29)24-34(40(57)48-32)50-42(59)63-45(4,5)6/h7-9,11-12,14-17,21-22,32-35,46,52-54H,10,13,18-20,23-26H2,1-6H3,(H,47,58)(H,48,57)(H,49,56)(H,50,59)(H,60,61)/t32-,33-,34-,35?/m0/s1. The highest BCUT2D eigenvalue weighted by Gasteiger charge is 2.34. The minimum atomic E-state index is -1.43. The topological polar surface area (TPSA) is 265 Å². The lowest BCUT2D eigenvalue weighted by Gasteiger charge is -2.28. The molecule has 18 nitrogen and oxygen atoms in total. The summed E-state index contributed by atoms with van der Waals surface area (Å²) in [6, 6.07) is 12.6. The number of rotatable bonds is 14. The molecule has 3 aromatic carbocycles. The molecule has 0 aliphatic carbocycles. The van der Waals surface area contributed by atoms with Crippen molar-refractivity contribution in [2.75, 3.05) is 26.2 Å². The summed E-state index contributed by atoms with van der Waals surface area (Å²) in [5, 5.41) is 55.8. The lowest BCUT2D eigenvalue weighted by atomic mass is 9.93. The van der Waals surface area contributed by atoms with Crippen molar-refractivity contribution in [1.82, 2.24) is 31.5 Å². The summed E-state index contributed by atoms with van der Waals surface area (Å²) < 4.78 is 10.7. The maximum Gasteiger partial charge on any atom is 0.408 e. The van der Waals surface area contributed by atoms with Crippen LogP contribution in [0.5, 0.6) is 11.5 Å². The van der Waals surface area contributed by atoms with Crippen molar-refractivity contribution < 1.29 is 58.7 Å². The number of carboxylic acid groups (broad SMARTS) is 1. The second-order valence-electron chi connectivity index (χ2n) is 17.3. The second kappa shape index (κ2) is 22.1. The summed E-state index contributed by atoms with van der Waals surface area (Å²) in [6.07, 6.45) is -3.36. The number of fused-ring (bicyclic) bond motifs is 5. The molecule has 18 heteroatoms. The third-order valence-electron chi connectivity index (χ3n) is 9.76. The Morgan fingerprint density at radius 3 is 1.95 bits per heavy atom. The molecular formula is C45H60N6O12. The zero-order chi connectivity index (χ0) is 46.5. The molecule has 1 unspecified atom stereocenters. The Kier molecular flexibility index (Phi) is 17.3. The molecule has 0 aromatic heterocycles. The van der Waals surface area contributed by atoms with E-state index in [4.69, 9.17) is 9.47 Å². The molecule has 4 rings (SSSR count). The van der Waals surface area contributed by atoms with Gasteiger partial charge in [0, 0.05) is 39.0 Å². The number of ether oxygens (including phenoxy) is 2. The van der Waals surface area contributed by atoms with Crippen LogP contribution < -0.4 is 26.6 Å². The molecule has 3 aromatic rings. The minimum absolute atomic E-state index is 0.0198. The molecule has 1 aliphatic heterocycles. The molecule has 1 heterocycles. The van der Waals surface area contributed by atoms with Crippen LogP contribution >= 0.6 is 0 Å². The summed E-state index contributed by atoms with van der Waals surface area (Å²) in [4.78, 5) is 81.6. The fourth-order valence-electron chi connectivity index (χ4n) is 6.72. The van der Waals surface area contributed by atoms with Gasteiger partial charge in [-0.2, -0.15) is 0 Å². The molecular weight excluding hydrogens is 817 g/mol. The molecule has 0 saturated carbocycles. The van der Waals surface area contributed by atoms with E-state index in [1.807, 2.05) is 0 Å². The van der Waals surface area contributed by atoms with Gasteiger partial charge in [-0.1, -0.05) is 42.5 Å². The van der Waals surface area contributed by atoms with Gasteiger partial charge in [0.15, 0.2) is 5.78 Å². The van der Waals surface area contributed by atoms with Crippen LogP contribution in [0.25, 0.3) is 11.1 Å². The molecule has 0 spiro atoms. The number of benzene rings is 3. The lowest BCUT2D eigenvalue weighted by Crippen LogP contribution is -2.58. The van der Waals surface area contributed by atoms with E-state index in [1.165, 1.54) is 12.1 Å². The van der Waals surface area contributed by atoms with Crippen LogP contribution in [0.4, 0.5) is 14.4 Å². The number of Topliss-reactive ketones (excluding diaryl/α,β-unsaturated/α-hetero) is 1. The lowest BCUT2D eigenvalue weighted by molar-refractivity contribution is -0.133. The number of hydrogen-bond donors (Lipinski definition) is 9. The highest BCUT2D eigenvalue weighted by atomic mass is 16.6. The Morgan fingerprint density at radius 2 is 1.38 bits per heavy atom. The van der Waals surface area contributed by atoms with Gasteiger partial charge >= 0.3 is 18.3 Å². The molecule has 342 valence electrons. The average molecular weight is 877 g/mol. The molecule has 4 bridgehead atoms. The average Bonchev–Trinajstić information content (AvgIpc) is 3.19. The van der Waals surface area contributed by atoms with E-state index in [2.05, 4.69) is 26.6 Å². The van der Waals surface area contributed by atoms with Crippen LogP contribution in [0, 0.1) is 0 Å². The summed E-state index contributed by atoms with van der Waals surface area (Å²) >= 11 is 0. The third-order valence-corrected chi connectivity index (χ3v) is 9.76. The maximum atomic E-state index is 14.4. The Hall–Kier alpha value is -6.40. The molecule has 1 aliphatic rings. The van der Waals surface area contributed by atoms with Gasteiger partial charge in [0.05, 0.1) is 18.7 Å². The van der Waals surface area contributed by atoms with Gasteiger partial charge in [0.25, 0.3) is 0 Å². The highest BCUT2D eigenvalue weighted by Crippen LogP contribution is 2.31. The minimum Gasteiger partial charge on any atom is -0.508 e. The van der Waals surface area contributed by atoms with Crippen molar-refractivity contribution in [2.45, 2.75) is 109 Å². The summed E-state index contributed by atoms with van der Waals surface area (Å²) in [6.45, 7) is 9.24. The summed E-state index contributed by atoms with van der Waals surface area (Å²) in [5.74, 6) is -2.79. The molecule has 9 N–H and O–H groups in total. The molecule has 63 heavy (non-hydrogen) atoms. The number of nitrogens with zero attached hydrogens (tertiary/aromatic N) is 1. The number of aromatic hydroxyl groups is 2. The van der Waals surface area contributed by atoms with E-state index in [1.54, 1.807) is 96.1 Å². The monoisotopic (exact) mass is 876 g/mol. The van der Waals surface area contributed by atoms with E-state index in [9.17, 15) is 49.2 Å². The number of carbonyl (C=O) groups excluding carboxylic acids is 5. The van der Waals surface area contributed by atoms with E-state index in [0.29, 0.717) is 11.1 Å². The normalized spacial score (nSPS) is 17.4. The van der Waals surface area contributed by atoms with Gasteiger partial charge in [-0.3, -0.25) is 14.4 Å². The zero-order valence-corrected chi connectivity index (χ0v) is 36.5. The van der Waals surface area contributed by atoms with E-state index in [-0.39, 0.29) is 74.5 Å². The van der Waals surface area contributed by atoms with Gasteiger partial charge in [-0.05, 0) is 106 Å². The van der Waals surface area contributed by atoms with E-state index < -0.39 is 77.9 Å². The molecule has 5 amide bonds. The number of phenolic OH excluding ortho intramolecular Hbond substituents is 2. The molecule has 4 atom stereocenters. The van der Waals surface area contributed by atoms with Crippen LogP contribution in [0.2, 0.25) is 0 Å². The number of aliphatic hydroxyl groups is 1. The number of nitrogens with one attached hydrogen (secondary N) is 5. The number of ketones is 1. The molecule has 0 radical (unpaired) electrons. The Balaban J connectivity index is 1.71. The van der Waals surface area contributed by atoms with Crippen LogP contribution in [-0.2, 0) is 43.2 Å². The Bertz CT molecular complexity index is 2080. The number of alkyl carbamates (subject to hydrolysis) is 2. The first kappa shape index (κ1) is 49.3. The predicted octanol–water partition coefficient (Wildman–Crippen LogP) is 3.73. The maximum absolute atomic E-state index is 14.4. The van der Waals surface area contributed by atoms with E-state index in [0.717, 1.165) is 10.5 Å². The van der Waals surface area contributed by atoms with Crippen molar-refractivity contribution in [3.8, 4) is 22.6 Å². The fourth-order valence-corrected chi connectivity index (χ4v) is 6.72. The molecule has 0 fully saturated rings. The van der Waals surface area contributed by atoms with Crippen molar-refractivity contribution in [1.29, 1.82) is 0 Å². The zero-order valence-electron chi connectivity index (χ0n) is 36.5. The van der Waals surface area contributed by atoms with Crippen molar-refractivity contribution in [3.05, 3.63) is 83.4 Å². The Morgan fingerprint density at radius 1 is 0.794 bits per heavy atom. The second-order valence-corrected chi connectivity index (χ2v) is 17.3. The number of hydrogen-bond acceptors (Lipinski definition) is 12. The van der Waals surface area contributed by atoms with Gasteiger partial charge in [-0.15, -0.1) is 0 Å². The number of phenols is 2. The first-order valence-corrected chi connectivity index (χ1v) is 20.7. The van der Waals surface area contributed by atoms with Gasteiger partial charge in [0.1, 0.15) is 34.8 Å². The Labute approximate surface area is 366 Å². The SMILES string of the molecule is CC(C)(C)OC(=O)NCCC[C@@H]1NC(=O)[C@@H](NC(=O)OC(C)(C)C)Cc2cc(ccc2O)-c2ccc(O)c(c2)C[C@@H](C(=O)C(CO)NCCN(Cc2ccccc2)C(=O)O)NC1=O. The van der Waals surface area contributed by atoms with Crippen LogP contribution in [0.15, 0.2) is 66.7 Å². The van der Waals surface area contributed by atoms with E-state index >= 15 is 0 Å². The van der Waals surface area contributed by atoms with Gasteiger partial charge in [-0.25, -0.2) is 14.4 Å².